The van der Waals surface area contributed by atoms with Gasteiger partial charge in [-0.3, -0.25) is 9.69 Å². The standard InChI is InChI=1S/C22H21BrN2O2/c1-25-19(26)22(24-20(25)27)18-12-17(23)7-6-16(18)13-21(22)10-8-14-4-2-3-5-15(14)9-11-21/h2-7,12H,8-11,13H2,1H3,(H,24,27). The van der Waals surface area contributed by atoms with Gasteiger partial charge in [0.05, 0.1) is 0 Å². The van der Waals surface area contributed by atoms with E-state index in [4.69, 9.17) is 0 Å². The highest BCUT2D eigenvalue weighted by Gasteiger charge is 2.66. The maximum Gasteiger partial charge on any atom is 0.325 e. The quantitative estimate of drug-likeness (QED) is 0.650. The van der Waals surface area contributed by atoms with Gasteiger partial charge in [-0.25, -0.2) is 4.79 Å². The molecule has 2 aromatic rings. The Morgan fingerprint density at radius 1 is 1.00 bits per heavy atom. The molecule has 1 aliphatic heterocycles. The summed E-state index contributed by atoms with van der Waals surface area (Å²) in [7, 11) is 1.58. The first kappa shape index (κ1) is 17.0. The first-order valence-electron chi connectivity index (χ1n) is 9.43. The van der Waals surface area contributed by atoms with Gasteiger partial charge in [0.15, 0.2) is 5.54 Å². The van der Waals surface area contributed by atoms with Crippen LogP contribution in [0, 0.1) is 5.41 Å². The predicted molar refractivity (Wildman–Crippen MR) is 106 cm³/mol. The van der Waals surface area contributed by atoms with E-state index in [2.05, 4.69) is 51.6 Å². The van der Waals surface area contributed by atoms with E-state index in [1.807, 2.05) is 12.1 Å². The van der Waals surface area contributed by atoms with Gasteiger partial charge in [-0.2, -0.15) is 0 Å². The number of amides is 3. The third-order valence-corrected chi connectivity index (χ3v) is 7.38. The number of carbonyl (C=O) groups is 2. The number of hydrogen-bond donors (Lipinski definition) is 1. The summed E-state index contributed by atoms with van der Waals surface area (Å²) >= 11 is 3.56. The zero-order valence-corrected chi connectivity index (χ0v) is 16.8. The van der Waals surface area contributed by atoms with Crippen LogP contribution in [-0.2, 0) is 29.6 Å². The first-order chi connectivity index (χ1) is 13.0. The van der Waals surface area contributed by atoms with E-state index in [0.29, 0.717) is 0 Å². The molecule has 27 heavy (non-hydrogen) atoms. The van der Waals surface area contributed by atoms with Crippen molar-refractivity contribution >= 4 is 27.9 Å². The molecule has 5 rings (SSSR count). The summed E-state index contributed by atoms with van der Waals surface area (Å²) < 4.78 is 0.936. The van der Waals surface area contributed by atoms with Gasteiger partial charge < -0.3 is 5.32 Å². The van der Waals surface area contributed by atoms with Gasteiger partial charge in [0.2, 0.25) is 0 Å². The molecular weight excluding hydrogens is 404 g/mol. The average molecular weight is 425 g/mol. The number of rotatable bonds is 0. The van der Waals surface area contributed by atoms with E-state index in [-0.39, 0.29) is 17.4 Å². The molecule has 0 saturated carbocycles. The number of benzene rings is 2. The monoisotopic (exact) mass is 424 g/mol. The van der Waals surface area contributed by atoms with Crippen LogP contribution < -0.4 is 5.32 Å². The number of likely N-dealkylation sites (N-methyl/N-ethyl adjacent to an activating group) is 1. The highest BCUT2D eigenvalue weighted by molar-refractivity contribution is 9.10. The van der Waals surface area contributed by atoms with Crippen LogP contribution in [0.15, 0.2) is 46.9 Å². The van der Waals surface area contributed by atoms with Crippen LogP contribution in [0.25, 0.3) is 0 Å². The van der Waals surface area contributed by atoms with Gasteiger partial charge in [-0.1, -0.05) is 46.3 Å². The predicted octanol–water partition coefficient (Wildman–Crippen LogP) is 3.95. The summed E-state index contributed by atoms with van der Waals surface area (Å²) in [5, 5.41) is 3.14. The largest absolute Gasteiger partial charge is 0.325 e. The Balaban J connectivity index is 1.69. The van der Waals surface area contributed by atoms with Crippen LogP contribution >= 0.6 is 15.9 Å². The van der Waals surface area contributed by atoms with Gasteiger partial charge in [-0.05, 0) is 66.5 Å². The second-order valence-electron chi connectivity index (χ2n) is 8.07. The number of aryl methyl sites for hydroxylation is 2. The average Bonchev–Trinajstić information content (AvgIpc) is 2.96. The Morgan fingerprint density at radius 2 is 1.67 bits per heavy atom. The van der Waals surface area contributed by atoms with Crippen molar-refractivity contribution in [2.45, 2.75) is 37.6 Å². The Bertz CT molecular complexity index is 959. The molecule has 1 heterocycles. The Kier molecular flexibility index (Phi) is 3.57. The van der Waals surface area contributed by atoms with Gasteiger partial charge in [0, 0.05) is 16.9 Å². The minimum atomic E-state index is -0.958. The van der Waals surface area contributed by atoms with Crippen molar-refractivity contribution in [3.8, 4) is 0 Å². The normalized spacial score (nSPS) is 25.5. The van der Waals surface area contributed by atoms with Gasteiger partial charge in [0.25, 0.3) is 5.91 Å². The molecule has 0 bridgehead atoms. The maximum atomic E-state index is 13.5. The van der Waals surface area contributed by atoms with Crippen LogP contribution in [0.2, 0.25) is 0 Å². The molecule has 1 saturated heterocycles. The number of carbonyl (C=O) groups excluding carboxylic acids is 2. The molecule has 2 aliphatic carbocycles. The molecule has 0 aromatic heterocycles. The van der Waals surface area contributed by atoms with Crippen LogP contribution in [0.3, 0.4) is 0 Å². The molecule has 4 nitrogen and oxygen atoms in total. The number of nitrogens with one attached hydrogen (secondary N) is 1. The van der Waals surface area contributed by atoms with Gasteiger partial charge >= 0.3 is 6.03 Å². The van der Waals surface area contributed by atoms with Crippen molar-refractivity contribution in [2.75, 3.05) is 7.05 Å². The maximum absolute atomic E-state index is 13.5. The van der Waals surface area contributed by atoms with Crippen molar-refractivity contribution in [2.24, 2.45) is 5.41 Å². The van der Waals surface area contributed by atoms with Crippen molar-refractivity contribution in [3.63, 3.8) is 0 Å². The summed E-state index contributed by atoms with van der Waals surface area (Å²) in [5.41, 5.74) is 3.62. The topological polar surface area (TPSA) is 49.4 Å². The fraction of sp³-hybridized carbons (Fsp3) is 0.364. The lowest BCUT2D eigenvalue weighted by molar-refractivity contribution is -0.135. The summed E-state index contributed by atoms with van der Waals surface area (Å²) in [5.74, 6) is -0.115. The molecule has 0 radical (unpaired) electrons. The van der Waals surface area contributed by atoms with Crippen LogP contribution in [-0.4, -0.2) is 23.9 Å². The van der Waals surface area contributed by atoms with Crippen molar-refractivity contribution in [1.82, 2.24) is 10.2 Å². The second kappa shape index (κ2) is 5.68. The Labute approximate surface area is 167 Å². The number of hydrogen-bond acceptors (Lipinski definition) is 2. The van der Waals surface area contributed by atoms with Crippen molar-refractivity contribution in [1.29, 1.82) is 0 Å². The molecule has 5 heteroatoms. The van der Waals surface area contributed by atoms with E-state index >= 15 is 0 Å². The summed E-state index contributed by atoms with van der Waals surface area (Å²) in [6.45, 7) is 0. The third kappa shape index (κ3) is 2.15. The lowest BCUT2D eigenvalue weighted by Crippen LogP contribution is -2.55. The zero-order valence-electron chi connectivity index (χ0n) is 15.2. The van der Waals surface area contributed by atoms with Crippen molar-refractivity contribution in [3.05, 3.63) is 69.2 Å². The first-order valence-corrected chi connectivity index (χ1v) is 10.2. The fourth-order valence-corrected chi connectivity index (χ4v) is 5.85. The highest BCUT2D eigenvalue weighted by atomic mass is 79.9. The molecule has 138 valence electrons. The third-order valence-electron chi connectivity index (χ3n) is 6.89. The zero-order chi connectivity index (χ0) is 18.8. The number of imide groups is 1. The molecule has 1 N–H and O–H groups in total. The second-order valence-corrected chi connectivity index (χ2v) is 8.99. The molecule has 2 spiro atoms. The molecular formula is C22H21BrN2O2. The van der Waals surface area contributed by atoms with Crippen LogP contribution in [0.4, 0.5) is 4.79 Å². The number of halogens is 1. The lowest BCUT2D eigenvalue weighted by atomic mass is 9.65. The molecule has 3 amide bonds. The Hall–Kier alpha value is -2.14. The summed E-state index contributed by atoms with van der Waals surface area (Å²) in [6.07, 6.45) is 4.45. The minimum Gasteiger partial charge on any atom is -0.319 e. The number of nitrogens with zero attached hydrogens (tertiary/aromatic N) is 1. The highest BCUT2D eigenvalue weighted by Crippen LogP contribution is 2.58. The molecule has 1 atom stereocenters. The van der Waals surface area contributed by atoms with E-state index in [1.54, 1.807) is 7.05 Å². The molecule has 1 unspecified atom stereocenters. The summed E-state index contributed by atoms with van der Waals surface area (Å²) in [4.78, 5) is 27.3. The van der Waals surface area contributed by atoms with E-state index in [9.17, 15) is 9.59 Å². The minimum absolute atomic E-state index is 0.115. The fourth-order valence-electron chi connectivity index (χ4n) is 5.49. The summed E-state index contributed by atoms with van der Waals surface area (Å²) in [6, 6.07) is 14.4. The smallest absolute Gasteiger partial charge is 0.319 e. The molecule has 2 aromatic carbocycles. The van der Waals surface area contributed by atoms with Crippen LogP contribution in [0.5, 0.6) is 0 Å². The molecule has 3 aliphatic rings. The van der Waals surface area contributed by atoms with E-state index in [0.717, 1.165) is 42.1 Å². The number of fused-ring (bicyclic) bond motifs is 4. The SMILES string of the molecule is CN1C(=O)NC2(C1=O)c1cc(Br)ccc1CC21CCc2ccccc2CC1. The van der Waals surface area contributed by atoms with Gasteiger partial charge in [-0.15, -0.1) is 0 Å². The van der Waals surface area contributed by atoms with E-state index < -0.39 is 5.54 Å². The Morgan fingerprint density at radius 3 is 2.26 bits per heavy atom. The van der Waals surface area contributed by atoms with Crippen LogP contribution in [0.1, 0.15) is 35.1 Å². The lowest BCUT2D eigenvalue weighted by Gasteiger charge is -2.42. The molecule has 1 fully saturated rings. The number of urea groups is 1. The van der Waals surface area contributed by atoms with Gasteiger partial charge in [0.1, 0.15) is 0 Å². The van der Waals surface area contributed by atoms with Crippen molar-refractivity contribution < 1.29 is 9.59 Å². The van der Waals surface area contributed by atoms with E-state index in [1.165, 1.54) is 21.6 Å².